The largest absolute Gasteiger partial charge is 0.508 e. The van der Waals surface area contributed by atoms with E-state index in [0.29, 0.717) is 0 Å². The van der Waals surface area contributed by atoms with Crippen LogP contribution in [0, 0.1) is 11.3 Å². The molecule has 2 rings (SSSR count). The number of rotatable bonds is 3. The van der Waals surface area contributed by atoms with Crippen LogP contribution in [0.3, 0.4) is 0 Å². The summed E-state index contributed by atoms with van der Waals surface area (Å²) < 4.78 is 0. The summed E-state index contributed by atoms with van der Waals surface area (Å²) in [6, 6.07) is 6.56. The second-order valence-corrected chi connectivity index (χ2v) is 5.70. The molecule has 1 fully saturated rings. The first-order valence-electron chi connectivity index (χ1n) is 6.47. The van der Waals surface area contributed by atoms with Crippen molar-refractivity contribution in [3.8, 4) is 5.75 Å². The van der Waals surface area contributed by atoms with Crippen molar-refractivity contribution < 1.29 is 14.7 Å². The highest BCUT2D eigenvalue weighted by Gasteiger charge is 2.49. The number of phenols is 1. The lowest BCUT2D eigenvalue weighted by Crippen LogP contribution is -2.36. The van der Waals surface area contributed by atoms with Gasteiger partial charge in [0.05, 0.1) is 12.0 Å². The highest BCUT2D eigenvalue weighted by molar-refractivity contribution is 6.05. The van der Waals surface area contributed by atoms with E-state index < -0.39 is 5.41 Å². The van der Waals surface area contributed by atoms with E-state index in [4.69, 9.17) is 0 Å². The summed E-state index contributed by atoms with van der Waals surface area (Å²) in [4.78, 5) is 25.8. The molecule has 1 aliphatic rings. The van der Waals surface area contributed by atoms with Gasteiger partial charge in [-0.25, -0.2) is 0 Å². The second kappa shape index (κ2) is 4.68. The number of carbonyl (C=O) groups excluding carboxylic acids is 2. The van der Waals surface area contributed by atoms with Crippen molar-refractivity contribution in [2.45, 2.75) is 33.7 Å². The Morgan fingerprint density at radius 3 is 2.32 bits per heavy atom. The number of hydrogen-bond donors (Lipinski definition) is 1. The SMILES string of the molecule is CC(C)C1(C)CC(=O)N(Cc2ccc(O)cc2)C1=O. The van der Waals surface area contributed by atoms with Crippen LogP contribution in [0.15, 0.2) is 24.3 Å². The van der Waals surface area contributed by atoms with E-state index in [1.165, 1.54) is 4.90 Å². The van der Waals surface area contributed by atoms with Crippen LogP contribution in [0.25, 0.3) is 0 Å². The van der Waals surface area contributed by atoms with Crippen molar-refractivity contribution in [2.75, 3.05) is 0 Å². The molecule has 1 aromatic rings. The number of imide groups is 1. The monoisotopic (exact) mass is 261 g/mol. The number of phenolic OH excluding ortho intramolecular Hbond substituents is 1. The van der Waals surface area contributed by atoms with Gasteiger partial charge in [-0.3, -0.25) is 14.5 Å². The molecule has 0 radical (unpaired) electrons. The number of amides is 2. The zero-order chi connectivity index (χ0) is 14.2. The van der Waals surface area contributed by atoms with Gasteiger partial charge in [0.2, 0.25) is 11.8 Å². The average Bonchev–Trinajstić information content (AvgIpc) is 2.57. The van der Waals surface area contributed by atoms with E-state index in [2.05, 4.69) is 0 Å². The van der Waals surface area contributed by atoms with Gasteiger partial charge in [0, 0.05) is 6.42 Å². The molecule has 0 aliphatic carbocycles. The van der Waals surface area contributed by atoms with Crippen molar-refractivity contribution in [1.29, 1.82) is 0 Å². The number of nitrogens with zero attached hydrogens (tertiary/aromatic N) is 1. The molecule has 1 aromatic carbocycles. The van der Waals surface area contributed by atoms with Gasteiger partial charge in [-0.05, 0) is 30.5 Å². The lowest BCUT2D eigenvalue weighted by atomic mass is 9.78. The third-order valence-electron chi connectivity index (χ3n) is 4.10. The molecule has 1 N–H and O–H groups in total. The Bertz CT molecular complexity index is 507. The maximum Gasteiger partial charge on any atom is 0.236 e. The van der Waals surface area contributed by atoms with Crippen molar-refractivity contribution in [3.63, 3.8) is 0 Å². The molecule has 19 heavy (non-hydrogen) atoms. The fourth-order valence-electron chi connectivity index (χ4n) is 2.30. The Hall–Kier alpha value is -1.84. The minimum atomic E-state index is -0.589. The molecular formula is C15H19NO3. The summed E-state index contributed by atoms with van der Waals surface area (Å²) >= 11 is 0. The Morgan fingerprint density at radius 2 is 1.84 bits per heavy atom. The van der Waals surface area contributed by atoms with E-state index in [1.807, 2.05) is 20.8 Å². The lowest BCUT2D eigenvalue weighted by Gasteiger charge is -2.26. The Labute approximate surface area is 113 Å². The number of aromatic hydroxyl groups is 1. The van der Waals surface area contributed by atoms with Gasteiger partial charge in [-0.15, -0.1) is 0 Å². The predicted octanol–water partition coefficient (Wildman–Crippen LogP) is 2.31. The van der Waals surface area contributed by atoms with Crippen LogP contribution in [0.2, 0.25) is 0 Å². The van der Waals surface area contributed by atoms with Crippen LogP contribution >= 0.6 is 0 Å². The molecule has 1 unspecified atom stereocenters. The van der Waals surface area contributed by atoms with Gasteiger partial charge in [-0.2, -0.15) is 0 Å². The molecule has 1 saturated heterocycles. The summed E-state index contributed by atoms with van der Waals surface area (Å²) in [6.45, 7) is 6.07. The molecule has 102 valence electrons. The van der Waals surface area contributed by atoms with Crippen molar-refractivity contribution >= 4 is 11.8 Å². The van der Waals surface area contributed by atoms with Crippen molar-refractivity contribution in [3.05, 3.63) is 29.8 Å². The van der Waals surface area contributed by atoms with Crippen LogP contribution < -0.4 is 0 Å². The molecule has 0 saturated carbocycles. The molecule has 0 aromatic heterocycles. The smallest absolute Gasteiger partial charge is 0.236 e. The molecule has 1 atom stereocenters. The lowest BCUT2D eigenvalue weighted by molar-refractivity contribution is -0.142. The minimum Gasteiger partial charge on any atom is -0.508 e. The number of likely N-dealkylation sites (tertiary alicyclic amines) is 1. The third-order valence-corrected chi connectivity index (χ3v) is 4.10. The summed E-state index contributed by atoms with van der Waals surface area (Å²) in [7, 11) is 0. The van der Waals surface area contributed by atoms with Gasteiger partial charge < -0.3 is 5.11 Å². The first-order chi connectivity index (χ1) is 8.84. The van der Waals surface area contributed by atoms with E-state index in [9.17, 15) is 14.7 Å². The van der Waals surface area contributed by atoms with Crippen LogP contribution in [-0.2, 0) is 16.1 Å². The Morgan fingerprint density at radius 1 is 1.26 bits per heavy atom. The quantitative estimate of drug-likeness (QED) is 0.849. The van der Waals surface area contributed by atoms with Crippen molar-refractivity contribution in [1.82, 2.24) is 4.90 Å². The first-order valence-corrected chi connectivity index (χ1v) is 6.47. The molecule has 2 amide bonds. The van der Waals surface area contributed by atoms with E-state index in [0.717, 1.165) is 5.56 Å². The normalized spacial score (nSPS) is 23.5. The maximum absolute atomic E-state index is 12.4. The van der Waals surface area contributed by atoms with Gasteiger partial charge in [0.25, 0.3) is 0 Å². The second-order valence-electron chi connectivity index (χ2n) is 5.70. The van der Waals surface area contributed by atoms with E-state index >= 15 is 0 Å². The van der Waals surface area contributed by atoms with Crippen LogP contribution in [0.5, 0.6) is 5.75 Å². The molecule has 4 heteroatoms. The van der Waals surface area contributed by atoms with E-state index in [-0.39, 0.29) is 36.4 Å². The average molecular weight is 261 g/mol. The van der Waals surface area contributed by atoms with Gasteiger partial charge in [0.1, 0.15) is 5.75 Å². The molecule has 0 bridgehead atoms. The summed E-state index contributed by atoms with van der Waals surface area (Å²) in [5.74, 6) is 0.0958. The number of hydrogen-bond acceptors (Lipinski definition) is 3. The standard InChI is InChI=1S/C15H19NO3/c1-10(2)15(3)8-13(18)16(14(15)19)9-11-4-6-12(17)7-5-11/h4-7,10,17H,8-9H2,1-3H3. The van der Waals surface area contributed by atoms with Crippen LogP contribution in [0.4, 0.5) is 0 Å². The fourth-order valence-corrected chi connectivity index (χ4v) is 2.30. The highest BCUT2D eigenvalue weighted by atomic mass is 16.3. The third kappa shape index (κ3) is 2.35. The molecule has 1 aliphatic heterocycles. The van der Waals surface area contributed by atoms with Crippen LogP contribution in [0.1, 0.15) is 32.8 Å². The van der Waals surface area contributed by atoms with Gasteiger partial charge in [-0.1, -0.05) is 26.0 Å². The number of benzene rings is 1. The van der Waals surface area contributed by atoms with Crippen LogP contribution in [-0.4, -0.2) is 21.8 Å². The highest BCUT2D eigenvalue weighted by Crippen LogP contribution is 2.39. The summed E-state index contributed by atoms with van der Waals surface area (Å²) in [5, 5.41) is 9.23. The Balaban J connectivity index is 2.20. The molecule has 0 spiro atoms. The van der Waals surface area contributed by atoms with E-state index in [1.54, 1.807) is 24.3 Å². The molecular weight excluding hydrogens is 242 g/mol. The maximum atomic E-state index is 12.4. The Kier molecular flexibility index (Phi) is 3.35. The van der Waals surface area contributed by atoms with Gasteiger partial charge in [0.15, 0.2) is 0 Å². The zero-order valence-electron chi connectivity index (χ0n) is 11.5. The number of carbonyl (C=O) groups is 2. The molecule has 4 nitrogen and oxygen atoms in total. The first kappa shape index (κ1) is 13.6. The summed E-state index contributed by atoms with van der Waals surface area (Å²) in [6.07, 6.45) is 0.279. The summed E-state index contributed by atoms with van der Waals surface area (Å²) in [5.41, 5.74) is 0.251. The van der Waals surface area contributed by atoms with Crippen molar-refractivity contribution in [2.24, 2.45) is 11.3 Å². The minimum absolute atomic E-state index is 0.0967. The fraction of sp³-hybridized carbons (Fsp3) is 0.467. The molecule has 1 heterocycles. The van der Waals surface area contributed by atoms with Gasteiger partial charge >= 0.3 is 0 Å². The predicted molar refractivity (Wildman–Crippen MR) is 71.2 cm³/mol. The topological polar surface area (TPSA) is 57.6 Å². The zero-order valence-corrected chi connectivity index (χ0v) is 11.5.